The fourth-order valence-electron chi connectivity index (χ4n) is 2.16. The number of methoxy groups -OCH3 is 1. The van der Waals surface area contributed by atoms with E-state index in [2.05, 4.69) is 10.2 Å². The largest absolute Gasteiger partial charge is 0.497 e. The van der Waals surface area contributed by atoms with Crippen molar-refractivity contribution in [1.82, 2.24) is 10.2 Å². The van der Waals surface area contributed by atoms with Gasteiger partial charge in [-0.1, -0.05) is 11.8 Å². The summed E-state index contributed by atoms with van der Waals surface area (Å²) in [6.45, 7) is 0. The first kappa shape index (κ1) is 16.4. The Morgan fingerprint density at radius 1 is 0.917 bits per heavy atom. The topological polar surface area (TPSA) is 35.0 Å². The van der Waals surface area contributed by atoms with Crippen LogP contribution in [0.3, 0.4) is 0 Å². The van der Waals surface area contributed by atoms with Crippen molar-refractivity contribution in [2.45, 2.75) is 10.8 Å². The van der Waals surface area contributed by atoms with Crippen LogP contribution in [0.15, 0.2) is 59.6 Å². The molecule has 1 aromatic heterocycles. The quantitative estimate of drug-likeness (QED) is 0.627. The Bertz CT molecular complexity index is 803. The minimum atomic E-state index is -0.577. The zero-order valence-electron chi connectivity index (χ0n) is 12.9. The molecule has 2 aromatic carbocycles. The molecule has 0 aliphatic carbocycles. The Morgan fingerprint density at radius 3 is 2.21 bits per heavy atom. The second-order valence-corrected chi connectivity index (χ2v) is 6.05. The molecule has 0 radical (unpaired) electrons. The Labute approximate surface area is 142 Å². The van der Waals surface area contributed by atoms with Crippen LogP contribution in [-0.2, 0) is 5.75 Å². The number of aromatic nitrogens is 2. The smallest absolute Gasteiger partial charge is 0.126 e. The maximum atomic E-state index is 13.2. The average Bonchev–Trinajstić information content (AvgIpc) is 2.60. The Kier molecular flexibility index (Phi) is 5.05. The van der Waals surface area contributed by atoms with Crippen LogP contribution >= 0.6 is 11.8 Å². The summed E-state index contributed by atoms with van der Waals surface area (Å²) < 4.78 is 31.4. The van der Waals surface area contributed by atoms with Crippen LogP contribution in [-0.4, -0.2) is 17.3 Å². The predicted octanol–water partition coefficient (Wildman–Crippen LogP) is 4.72. The fourth-order valence-corrected chi connectivity index (χ4v) is 2.91. The number of rotatable bonds is 5. The first-order valence-corrected chi connectivity index (χ1v) is 8.18. The van der Waals surface area contributed by atoms with Crippen LogP contribution in [0.1, 0.15) is 5.56 Å². The van der Waals surface area contributed by atoms with Gasteiger partial charge >= 0.3 is 0 Å². The highest BCUT2D eigenvalue weighted by atomic mass is 32.2. The molecular formula is C18H14F2N2OS. The monoisotopic (exact) mass is 344 g/mol. The van der Waals surface area contributed by atoms with Gasteiger partial charge in [-0.2, -0.15) is 0 Å². The van der Waals surface area contributed by atoms with Gasteiger partial charge in [0.05, 0.1) is 12.8 Å². The lowest BCUT2D eigenvalue weighted by molar-refractivity contribution is 0.415. The molecule has 0 N–H and O–H groups in total. The third kappa shape index (κ3) is 4.08. The normalized spacial score (nSPS) is 10.6. The van der Waals surface area contributed by atoms with Crippen molar-refractivity contribution in [3.63, 3.8) is 0 Å². The lowest BCUT2D eigenvalue weighted by Gasteiger charge is -2.04. The van der Waals surface area contributed by atoms with Gasteiger partial charge in [0.1, 0.15) is 22.4 Å². The van der Waals surface area contributed by atoms with E-state index in [-0.39, 0.29) is 0 Å². The highest BCUT2D eigenvalue weighted by Crippen LogP contribution is 2.24. The molecule has 3 rings (SSSR count). The summed E-state index contributed by atoms with van der Waals surface area (Å²) in [5.74, 6) is 0.0462. The SMILES string of the molecule is COc1ccc(-c2ccc(SCc3cc(F)cc(F)c3)nn2)cc1. The summed E-state index contributed by atoms with van der Waals surface area (Å²) >= 11 is 1.37. The molecule has 6 heteroatoms. The molecule has 0 fully saturated rings. The number of hydrogen-bond acceptors (Lipinski definition) is 4. The van der Waals surface area contributed by atoms with Crippen LogP contribution in [0.2, 0.25) is 0 Å². The van der Waals surface area contributed by atoms with E-state index in [0.29, 0.717) is 16.3 Å². The van der Waals surface area contributed by atoms with E-state index in [1.807, 2.05) is 36.4 Å². The lowest BCUT2D eigenvalue weighted by Crippen LogP contribution is -1.91. The molecule has 3 nitrogen and oxygen atoms in total. The molecular weight excluding hydrogens is 330 g/mol. The second-order valence-electron chi connectivity index (χ2n) is 5.05. The standard InChI is InChI=1S/C18H14F2N2OS/c1-23-16-4-2-13(3-5-16)17-6-7-18(22-21-17)24-11-12-8-14(19)10-15(20)9-12/h2-10H,11H2,1H3. The molecule has 3 aromatic rings. The molecule has 122 valence electrons. The molecule has 0 amide bonds. The zero-order valence-corrected chi connectivity index (χ0v) is 13.7. The number of thioether (sulfide) groups is 1. The first-order chi connectivity index (χ1) is 11.6. The van der Waals surface area contributed by atoms with Crippen molar-refractivity contribution in [1.29, 1.82) is 0 Å². The molecule has 0 aliphatic rings. The summed E-state index contributed by atoms with van der Waals surface area (Å²) in [6, 6.07) is 14.7. The molecule has 0 spiro atoms. The van der Waals surface area contributed by atoms with Crippen molar-refractivity contribution in [3.05, 3.63) is 71.8 Å². The van der Waals surface area contributed by atoms with Crippen molar-refractivity contribution in [2.75, 3.05) is 7.11 Å². The fraction of sp³-hybridized carbons (Fsp3) is 0.111. The summed E-state index contributed by atoms with van der Waals surface area (Å²) in [6.07, 6.45) is 0. The van der Waals surface area contributed by atoms with Gasteiger partial charge in [0.2, 0.25) is 0 Å². The molecule has 24 heavy (non-hydrogen) atoms. The van der Waals surface area contributed by atoms with Gasteiger partial charge in [0.15, 0.2) is 0 Å². The average molecular weight is 344 g/mol. The van der Waals surface area contributed by atoms with Gasteiger partial charge in [-0.3, -0.25) is 0 Å². The molecule has 0 atom stereocenters. The third-order valence-corrected chi connectivity index (χ3v) is 4.33. The van der Waals surface area contributed by atoms with Crippen LogP contribution in [0.25, 0.3) is 11.3 Å². The van der Waals surface area contributed by atoms with Crippen molar-refractivity contribution in [3.8, 4) is 17.0 Å². The maximum absolute atomic E-state index is 13.2. The highest BCUT2D eigenvalue weighted by Gasteiger charge is 2.05. The predicted molar refractivity (Wildman–Crippen MR) is 89.9 cm³/mol. The van der Waals surface area contributed by atoms with E-state index in [0.717, 1.165) is 23.1 Å². The van der Waals surface area contributed by atoms with Gasteiger partial charge < -0.3 is 4.74 Å². The van der Waals surface area contributed by atoms with E-state index in [4.69, 9.17) is 4.74 Å². The van der Waals surface area contributed by atoms with Gasteiger partial charge in [0.25, 0.3) is 0 Å². The van der Waals surface area contributed by atoms with Gasteiger partial charge in [-0.25, -0.2) is 8.78 Å². The van der Waals surface area contributed by atoms with E-state index in [1.165, 1.54) is 23.9 Å². The van der Waals surface area contributed by atoms with E-state index >= 15 is 0 Å². The van der Waals surface area contributed by atoms with Crippen molar-refractivity contribution < 1.29 is 13.5 Å². The minimum absolute atomic E-state index is 0.422. The molecule has 0 saturated carbocycles. The summed E-state index contributed by atoms with van der Waals surface area (Å²) in [5.41, 5.74) is 2.25. The van der Waals surface area contributed by atoms with Crippen LogP contribution in [0, 0.1) is 11.6 Å². The molecule has 0 unspecified atom stereocenters. The first-order valence-electron chi connectivity index (χ1n) is 7.20. The maximum Gasteiger partial charge on any atom is 0.126 e. The third-order valence-electron chi connectivity index (χ3n) is 3.33. The number of benzene rings is 2. The minimum Gasteiger partial charge on any atom is -0.497 e. The summed E-state index contributed by atoms with van der Waals surface area (Å²) in [7, 11) is 1.62. The van der Waals surface area contributed by atoms with Crippen LogP contribution in [0.5, 0.6) is 5.75 Å². The highest BCUT2D eigenvalue weighted by molar-refractivity contribution is 7.98. The molecule has 0 bridgehead atoms. The van der Waals surface area contributed by atoms with Crippen LogP contribution < -0.4 is 4.74 Å². The molecule has 0 saturated heterocycles. The van der Waals surface area contributed by atoms with Gasteiger partial charge in [-0.05, 0) is 54.1 Å². The summed E-state index contributed by atoms with van der Waals surface area (Å²) in [4.78, 5) is 0. The second kappa shape index (κ2) is 7.40. The van der Waals surface area contributed by atoms with Crippen molar-refractivity contribution >= 4 is 11.8 Å². The number of nitrogens with zero attached hydrogens (tertiary/aromatic N) is 2. The molecule has 1 heterocycles. The Morgan fingerprint density at radius 2 is 1.62 bits per heavy atom. The Hall–Kier alpha value is -2.47. The summed E-state index contributed by atoms with van der Waals surface area (Å²) in [5, 5.41) is 9.04. The van der Waals surface area contributed by atoms with Crippen molar-refractivity contribution in [2.24, 2.45) is 0 Å². The number of halogens is 2. The van der Waals surface area contributed by atoms with Crippen LogP contribution in [0.4, 0.5) is 8.78 Å². The zero-order chi connectivity index (χ0) is 16.9. The lowest BCUT2D eigenvalue weighted by atomic mass is 10.1. The van der Waals surface area contributed by atoms with E-state index in [9.17, 15) is 8.78 Å². The number of ether oxygens (including phenoxy) is 1. The van der Waals surface area contributed by atoms with E-state index < -0.39 is 11.6 Å². The van der Waals surface area contributed by atoms with Gasteiger partial charge in [0, 0.05) is 17.4 Å². The Balaban J connectivity index is 1.67. The van der Waals surface area contributed by atoms with E-state index in [1.54, 1.807) is 7.11 Å². The number of hydrogen-bond donors (Lipinski definition) is 0. The molecule has 0 aliphatic heterocycles. The van der Waals surface area contributed by atoms with Gasteiger partial charge in [-0.15, -0.1) is 10.2 Å².